The number of anilines is 1. The summed E-state index contributed by atoms with van der Waals surface area (Å²) in [5, 5.41) is 13.1. The highest BCUT2D eigenvalue weighted by atomic mass is 32.2. The van der Waals surface area contributed by atoms with Crippen LogP contribution in [0.1, 0.15) is 5.56 Å². The van der Waals surface area contributed by atoms with Crippen LogP contribution in [-0.2, 0) is 21.1 Å². The van der Waals surface area contributed by atoms with Gasteiger partial charge in [0.05, 0.1) is 21.9 Å². The smallest absolute Gasteiger partial charge is 0.269 e. The van der Waals surface area contributed by atoms with Crippen LogP contribution in [0.5, 0.6) is 0 Å². The molecule has 7 nitrogen and oxygen atoms in total. The van der Waals surface area contributed by atoms with E-state index in [0.717, 1.165) is 6.26 Å². The van der Waals surface area contributed by atoms with E-state index in [4.69, 9.17) is 0 Å². The van der Waals surface area contributed by atoms with Crippen molar-refractivity contribution >= 4 is 27.1 Å². The molecule has 1 amide bonds. The molecule has 0 saturated heterocycles. The molecular formula is C15H14N2O5S. The monoisotopic (exact) mass is 334 g/mol. The Hall–Kier alpha value is -2.74. The minimum Gasteiger partial charge on any atom is -0.325 e. The molecule has 120 valence electrons. The summed E-state index contributed by atoms with van der Waals surface area (Å²) in [6, 6.07) is 11.7. The van der Waals surface area contributed by atoms with E-state index in [9.17, 15) is 23.3 Å². The van der Waals surface area contributed by atoms with Crippen LogP contribution in [0.3, 0.4) is 0 Å². The van der Waals surface area contributed by atoms with Crippen LogP contribution >= 0.6 is 0 Å². The quantitative estimate of drug-likeness (QED) is 0.666. The van der Waals surface area contributed by atoms with Gasteiger partial charge in [-0.05, 0) is 17.7 Å². The van der Waals surface area contributed by atoms with E-state index >= 15 is 0 Å². The minimum absolute atomic E-state index is 0.0178. The van der Waals surface area contributed by atoms with Crippen LogP contribution in [-0.4, -0.2) is 25.5 Å². The molecule has 0 radical (unpaired) electrons. The average molecular weight is 334 g/mol. The van der Waals surface area contributed by atoms with Gasteiger partial charge in [-0.25, -0.2) is 8.42 Å². The second-order valence-electron chi connectivity index (χ2n) is 4.92. The molecule has 0 fully saturated rings. The standard InChI is InChI=1S/C15H14N2O5S/c1-23(21,22)14-5-3-2-4-13(14)16-15(18)10-11-6-8-12(9-7-11)17(19)20/h2-9H,10H2,1H3,(H,16,18). The largest absolute Gasteiger partial charge is 0.325 e. The summed E-state index contributed by atoms with van der Waals surface area (Å²) in [6.45, 7) is 0. The SMILES string of the molecule is CS(=O)(=O)c1ccccc1NC(=O)Cc1ccc([N+](=O)[O-])cc1. The Balaban J connectivity index is 2.13. The molecule has 0 saturated carbocycles. The van der Waals surface area contributed by atoms with E-state index in [1.165, 1.54) is 36.4 Å². The number of nitro groups is 1. The third-order valence-corrected chi connectivity index (χ3v) is 4.23. The van der Waals surface area contributed by atoms with Crippen LogP contribution in [0, 0.1) is 10.1 Å². The Bertz CT molecular complexity index is 844. The number of nitrogens with one attached hydrogen (secondary N) is 1. The van der Waals surface area contributed by atoms with Crippen molar-refractivity contribution in [3.63, 3.8) is 0 Å². The molecular weight excluding hydrogens is 320 g/mol. The van der Waals surface area contributed by atoms with Crippen molar-refractivity contribution < 1.29 is 18.1 Å². The number of sulfone groups is 1. The number of carbonyl (C=O) groups excluding carboxylic acids is 1. The van der Waals surface area contributed by atoms with Crippen molar-refractivity contribution in [1.29, 1.82) is 0 Å². The maximum Gasteiger partial charge on any atom is 0.269 e. The number of benzene rings is 2. The number of carbonyl (C=O) groups is 1. The van der Waals surface area contributed by atoms with Gasteiger partial charge >= 0.3 is 0 Å². The summed E-state index contributed by atoms with van der Waals surface area (Å²) in [5.41, 5.74) is 0.739. The fourth-order valence-electron chi connectivity index (χ4n) is 2.01. The van der Waals surface area contributed by atoms with E-state index in [1.54, 1.807) is 12.1 Å². The summed E-state index contributed by atoms with van der Waals surface area (Å²) in [7, 11) is -3.46. The van der Waals surface area contributed by atoms with Crippen molar-refractivity contribution in [3.8, 4) is 0 Å². The summed E-state index contributed by atoms with van der Waals surface area (Å²) >= 11 is 0. The predicted octanol–water partition coefficient (Wildman–Crippen LogP) is 2.18. The molecule has 2 aromatic rings. The third-order valence-electron chi connectivity index (χ3n) is 3.07. The number of nitro benzene ring substituents is 1. The molecule has 0 unspecified atom stereocenters. The summed E-state index contributed by atoms with van der Waals surface area (Å²) in [4.78, 5) is 22.1. The first-order valence-electron chi connectivity index (χ1n) is 6.59. The number of para-hydroxylation sites is 1. The lowest BCUT2D eigenvalue weighted by molar-refractivity contribution is -0.384. The van der Waals surface area contributed by atoms with Crippen LogP contribution < -0.4 is 5.32 Å². The van der Waals surface area contributed by atoms with Gasteiger partial charge < -0.3 is 5.32 Å². The highest BCUT2D eigenvalue weighted by Crippen LogP contribution is 2.21. The predicted molar refractivity (Wildman–Crippen MR) is 85.0 cm³/mol. The summed E-state index contributed by atoms with van der Waals surface area (Å²) in [5.74, 6) is -0.407. The topological polar surface area (TPSA) is 106 Å². The molecule has 0 atom stereocenters. The van der Waals surface area contributed by atoms with Crippen molar-refractivity contribution in [2.45, 2.75) is 11.3 Å². The molecule has 0 aliphatic heterocycles. The van der Waals surface area contributed by atoms with Crippen molar-refractivity contribution in [2.75, 3.05) is 11.6 Å². The zero-order valence-corrected chi connectivity index (χ0v) is 13.0. The third kappa shape index (κ3) is 4.36. The first-order chi connectivity index (χ1) is 10.8. The molecule has 0 spiro atoms. The average Bonchev–Trinajstić information content (AvgIpc) is 2.47. The maximum absolute atomic E-state index is 12.0. The molecule has 2 aromatic carbocycles. The number of hydrogen-bond acceptors (Lipinski definition) is 5. The van der Waals surface area contributed by atoms with E-state index in [2.05, 4.69) is 5.32 Å². The Morgan fingerprint density at radius 2 is 1.74 bits per heavy atom. The number of hydrogen-bond donors (Lipinski definition) is 1. The van der Waals surface area contributed by atoms with Crippen molar-refractivity contribution in [3.05, 3.63) is 64.2 Å². The van der Waals surface area contributed by atoms with Crippen LogP contribution in [0.25, 0.3) is 0 Å². The number of nitrogens with zero attached hydrogens (tertiary/aromatic N) is 1. The molecule has 2 rings (SSSR count). The van der Waals surface area contributed by atoms with Gasteiger partial charge in [0.1, 0.15) is 0 Å². The second kappa shape index (κ2) is 6.57. The molecule has 1 N–H and O–H groups in total. The van der Waals surface area contributed by atoms with Gasteiger partial charge in [0.25, 0.3) is 5.69 Å². The highest BCUT2D eigenvalue weighted by Gasteiger charge is 2.15. The fourth-order valence-corrected chi connectivity index (χ4v) is 2.85. The normalized spacial score (nSPS) is 11.0. The molecule has 0 aliphatic rings. The van der Waals surface area contributed by atoms with Gasteiger partial charge in [-0.1, -0.05) is 24.3 Å². The highest BCUT2D eigenvalue weighted by molar-refractivity contribution is 7.90. The first-order valence-corrected chi connectivity index (χ1v) is 8.49. The summed E-state index contributed by atoms with van der Waals surface area (Å²) in [6.07, 6.45) is 1.05. The summed E-state index contributed by atoms with van der Waals surface area (Å²) < 4.78 is 23.4. The Morgan fingerprint density at radius 3 is 2.30 bits per heavy atom. The lowest BCUT2D eigenvalue weighted by Gasteiger charge is -2.09. The van der Waals surface area contributed by atoms with Crippen LogP contribution in [0.15, 0.2) is 53.4 Å². The fraction of sp³-hybridized carbons (Fsp3) is 0.133. The second-order valence-corrected chi connectivity index (χ2v) is 6.90. The van der Waals surface area contributed by atoms with Gasteiger partial charge in [0, 0.05) is 18.4 Å². The Kier molecular flexibility index (Phi) is 4.75. The number of amides is 1. The van der Waals surface area contributed by atoms with Gasteiger partial charge in [0.2, 0.25) is 5.91 Å². The van der Waals surface area contributed by atoms with E-state index in [-0.39, 0.29) is 22.7 Å². The van der Waals surface area contributed by atoms with Crippen molar-refractivity contribution in [1.82, 2.24) is 0 Å². The van der Waals surface area contributed by atoms with E-state index in [1.807, 2.05) is 0 Å². The molecule has 0 heterocycles. The maximum atomic E-state index is 12.0. The number of rotatable bonds is 5. The molecule has 0 aromatic heterocycles. The molecule has 0 bridgehead atoms. The minimum atomic E-state index is -3.46. The zero-order chi connectivity index (χ0) is 17.0. The Labute approximate surface area is 133 Å². The van der Waals surface area contributed by atoms with Gasteiger partial charge in [-0.15, -0.1) is 0 Å². The van der Waals surface area contributed by atoms with Gasteiger partial charge in [-0.3, -0.25) is 14.9 Å². The van der Waals surface area contributed by atoms with Gasteiger partial charge in [-0.2, -0.15) is 0 Å². The van der Waals surface area contributed by atoms with Crippen LogP contribution in [0.4, 0.5) is 11.4 Å². The van der Waals surface area contributed by atoms with Crippen LogP contribution in [0.2, 0.25) is 0 Å². The molecule has 0 aliphatic carbocycles. The Morgan fingerprint density at radius 1 is 1.13 bits per heavy atom. The molecule has 8 heteroatoms. The number of non-ortho nitro benzene ring substituents is 1. The van der Waals surface area contributed by atoms with Gasteiger partial charge in [0.15, 0.2) is 9.84 Å². The first kappa shape index (κ1) is 16.6. The van der Waals surface area contributed by atoms with E-state index < -0.39 is 20.7 Å². The van der Waals surface area contributed by atoms with Crippen molar-refractivity contribution in [2.24, 2.45) is 0 Å². The zero-order valence-electron chi connectivity index (χ0n) is 12.2. The lowest BCUT2D eigenvalue weighted by atomic mass is 10.1. The molecule has 23 heavy (non-hydrogen) atoms. The van der Waals surface area contributed by atoms with E-state index in [0.29, 0.717) is 5.56 Å². The lowest BCUT2D eigenvalue weighted by Crippen LogP contribution is -2.16.